The van der Waals surface area contributed by atoms with Crippen molar-refractivity contribution in [1.29, 1.82) is 0 Å². The Morgan fingerprint density at radius 1 is 1.27 bits per heavy atom. The lowest BCUT2D eigenvalue weighted by Gasteiger charge is -2.25. The van der Waals surface area contributed by atoms with Crippen molar-refractivity contribution < 1.29 is 5.11 Å². The number of phenolic OH excluding ortho intramolecular Hbond substituents is 1. The topological polar surface area (TPSA) is 32.3 Å². The third-order valence-electron chi connectivity index (χ3n) is 2.43. The molecule has 2 nitrogen and oxygen atoms in total. The van der Waals surface area contributed by atoms with Crippen LogP contribution in [0.25, 0.3) is 0 Å². The second-order valence-electron chi connectivity index (χ2n) is 4.34. The monoisotopic (exact) mass is 271 g/mol. The standard InChI is InChI=1S/C12H18BrNO/c1-12(2,7-8-13)14-9-10-3-5-11(15)6-4-10/h3-6,14-15H,7-9H2,1-2H3. The zero-order valence-electron chi connectivity index (χ0n) is 9.26. The van der Waals surface area contributed by atoms with E-state index in [1.807, 2.05) is 12.1 Å². The van der Waals surface area contributed by atoms with Crippen LogP contribution in [0.5, 0.6) is 5.75 Å². The van der Waals surface area contributed by atoms with E-state index >= 15 is 0 Å². The van der Waals surface area contributed by atoms with Gasteiger partial charge in [-0.05, 0) is 38.0 Å². The highest BCUT2D eigenvalue weighted by molar-refractivity contribution is 9.09. The SMILES string of the molecule is CC(C)(CCBr)NCc1ccc(O)cc1. The number of halogens is 1. The lowest BCUT2D eigenvalue weighted by molar-refractivity contribution is 0.378. The summed E-state index contributed by atoms with van der Waals surface area (Å²) in [4.78, 5) is 0. The second kappa shape index (κ2) is 5.52. The molecule has 0 saturated carbocycles. The number of benzene rings is 1. The van der Waals surface area contributed by atoms with Gasteiger partial charge in [-0.1, -0.05) is 28.1 Å². The Hall–Kier alpha value is -0.540. The summed E-state index contributed by atoms with van der Waals surface area (Å²) in [5.74, 6) is 0.318. The molecule has 0 unspecified atom stereocenters. The fourth-order valence-corrected chi connectivity index (χ4v) is 2.27. The summed E-state index contributed by atoms with van der Waals surface area (Å²) in [7, 11) is 0. The van der Waals surface area contributed by atoms with Crippen molar-refractivity contribution in [3.05, 3.63) is 29.8 Å². The molecule has 0 aliphatic heterocycles. The third kappa shape index (κ3) is 4.67. The lowest BCUT2D eigenvalue weighted by Crippen LogP contribution is -2.38. The zero-order valence-corrected chi connectivity index (χ0v) is 10.8. The molecule has 0 atom stereocenters. The van der Waals surface area contributed by atoms with Gasteiger partial charge in [0.25, 0.3) is 0 Å². The molecular weight excluding hydrogens is 254 g/mol. The summed E-state index contributed by atoms with van der Waals surface area (Å²) in [6.45, 7) is 5.21. The van der Waals surface area contributed by atoms with Gasteiger partial charge in [-0.3, -0.25) is 0 Å². The lowest BCUT2D eigenvalue weighted by atomic mass is 10.0. The van der Waals surface area contributed by atoms with E-state index in [0.29, 0.717) is 5.75 Å². The fraction of sp³-hybridized carbons (Fsp3) is 0.500. The Kier molecular flexibility index (Phi) is 4.61. The molecule has 1 aromatic carbocycles. The number of rotatable bonds is 5. The average Bonchev–Trinajstić information content (AvgIpc) is 2.17. The van der Waals surface area contributed by atoms with Gasteiger partial charge in [0.15, 0.2) is 0 Å². The van der Waals surface area contributed by atoms with Crippen LogP contribution in [0, 0.1) is 0 Å². The van der Waals surface area contributed by atoms with Crippen LogP contribution in [0.3, 0.4) is 0 Å². The summed E-state index contributed by atoms with van der Waals surface area (Å²) in [5, 5.41) is 13.6. The van der Waals surface area contributed by atoms with E-state index in [-0.39, 0.29) is 5.54 Å². The average molecular weight is 272 g/mol. The molecular formula is C12H18BrNO. The van der Waals surface area contributed by atoms with Crippen molar-refractivity contribution in [2.24, 2.45) is 0 Å². The first-order chi connectivity index (χ1) is 7.03. The van der Waals surface area contributed by atoms with Crippen molar-refractivity contribution in [3.63, 3.8) is 0 Å². The van der Waals surface area contributed by atoms with Gasteiger partial charge >= 0.3 is 0 Å². The highest BCUT2D eigenvalue weighted by Gasteiger charge is 2.15. The van der Waals surface area contributed by atoms with Gasteiger partial charge in [0.05, 0.1) is 0 Å². The molecule has 0 fully saturated rings. The Morgan fingerprint density at radius 3 is 2.40 bits per heavy atom. The van der Waals surface area contributed by atoms with Crippen LogP contribution in [-0.2, 0) is 6.54 Å². The van der Waals surface area contributed by atoms with Crippen LogP contribution < -0.4 is 5.32 Å². The second-order valence-corrected chi connectivity index (χ2v) is 5.14. The first-order valence-corrected chi connectivity index (χ1v) is 6.24. The number of aromatic hydroxyl groups is 1. The van der Waals surface area contributed by atoms with Gasteiger partial charge in [-0.2, -0.15) is 0 Å². The molecule has 0 heterocycles. The smallest absolute Gasteiger partial charge is 0.115 e. The van der Waals surface area contributed by atoms with Gasteiger partial charge < -0.3 is 10.4 Å². The van der Waals surface area contributed by atoms with E-state index in [1.54, 1.807) is 12.1 Å². The van der Waals surface area contributed by atoms with Crippen molar-refractivity contribution in [2.45, 2.75) is 32.4 Å². The summed E-state index contributed by atoms with van der Waals surface area (Å²) < 4.78 is 0. The normalized spacial score (nSPS) is 11.7. The molecule has 3 heteroatoms. The summed E-state index contributed by atoms with van der Waals surface area (Å²) in [6, 6.07) is 7.31. The van der Waals surface area contributed by atoms with Crippen LogP contribution in [-0.4, -0.2) is 16.0 Å². The van der Waals surface area contributed by atoms with Crippen molar-refractivity contribution in [2.75, 3.05) is 5.33 Å². The molecule has 0 amide bonds. The van der Waals surface area contributed by atoms with Crippen molar-refractivity contribution in [1.82, 2.24) is 5.32 Å². The molecule has 0 saturated heterocycles. The fourth-order valence-electron chi connectivity index (χ4n) is 1.28. The summed E-state index contributed by atoms with van der Waals surface area (Å²) >= 11 is 3.45. The van der Waals surface area contributed by atoms with Crippen LogP contribution in [0.15, 0.2) is 24.3 Å². The first-order valence-electron chi connectivity index (χ1n) is 5.12. The maximum absolute atomic E-state index is 9.14. The van der Waals surface area contributed by atoms with E-state index in [1.165, 1.54) is 5.56 Å². The highest BCUT2D eigenvalue weighted by atomic mass is 79.9. The Balaban J connectivity index is 2.46. The van der Waals surface area contributed by atoms with Crippen molar-refractivity contribution >= 4 is 15.9 Å². The van der Waals surface area contributed by atoms with E-state index in [9.17, 15) is 0 Å². The van der Waals surface area contributed by atoms with Gasteiger partial charge in [0, 0.05) is 17.4 Å². The Bertz CT molecular complexity index is 295. The molecule has 1 rings (SSSR count). The summed E-state index contributed by atoms with van der Waals surface area (Å²) in [6.07, 6.45) is 1.09. The minimum absolute atomic E-state index is 0.140. The van der Waals surface area contributed by atoms with Crippen LogP contribution in [0.2, 0.25) is 0 Å². The van der Waals surface area contributed by atoms with Gasteiger partial charge in [0.2, 0.25) is 0 Å². The molecule has 0 aromatic heterocycles. The minimum Gasteiger partial charge on any atom is -0.508 e. The van der Waals surface area contributed by atoms with Crippen LogP contribution in [0.1, 0.15) is 25.8 Å². The van der Waals surface area contributed by atoms with Crippen LogP contribution in [0.4, 0.5) is 0 Å². The van der Waals surface area contributed by atoms with E-state index in [0.717, 1.165) is 18.3 Å². The first kappa shape index (κ1) is 12.5. The predicted molar refractivity (Wildman–Crippen MR) is 67.4 cm³/mol. The van der Waals surface area contributed by atoms with Gasteiger partial charge in [-0.25, -0.2) is 0 Å². The molecule has 0 radical (unpaired) electrons. The van der Waals surface area contributed by atoms with Crippen LogP contribution >= 0.6 is 15.9 Å². The number of alkyl halides is 1. The number of hydrogen-bond acceptors (Lipinski definition) is 2. The molecule has 2 N–H and O–H groups in total. The molecule has 0 bridgehead atoms. The quantitative estimate of drug-likeness (QED) is 0.807. The minimum atomic E-state index is 0.140. The molecule has 1 aromatic rings. The third-order valence-corrected chi connectivity index (χ3v) is 2.82. The number of hydrogen-bond donors (Lipinski definition) is 2. The highest BCUT2D eigenvalue weighted by Crippen LogP contribution is 2.13. The molecule has 84 valence electrons. The zero-order chi connectivity index (χ0) is 11.3. The molecule has 15 heavy (non-hydrogen) atoms. The largest absolute Gasteiger partial charge is 0.508 e. The van der Waals surface area contributed by atoms with Gasteiger partial charge in [-0.15, -0.1) is 0 Å². The number of phenols is 1. The Morgan fingerprint density at radius 2 is 1.87 bits per heavy atom. The van der Waals surface area contributed by atoms with Gasteiger partial charge in [0.1, 0.15) is 5.75 Å². The van der Waals surface area contributed by atoms with E-state index < -0.39 is 0 Å². The summed E-state index contributed by atoms with van der Waals surface area (Å²) in [5.41, 5.74) is 1.33. The maximum Gasteiger partial charge on any atom is 0.115 e. The van der Waals surface area contributed by atoms with E-state index in [4.69, 9.17) is 5.11 Å². The van der Waals surface area contributed by atoms with E-state index in [2.05, 4.69) is 35.1 Å². The van der Waals surface area contributed by atoms with Crippen molar-refractivity contribution in [3.8, 4) is 5.75 Å². The predicted octanol–water partition coefficient (Wildman–Crippen LogP) is 3.05. The number of nitrogens with one attached hydrogen (secondary N) is 1. The Labute approximate surface area is 99.8 Å². The molecule has 0 aliphatic carbocycles. The molecule has 0 aliphatic rings. The molecule has 0 spiro atoms. The maximum atomic E-state index is 9.14.